The van der Waals surface area contributed by atoms with Crippen molar-refractivity contribution < 1.29 is 19.4 Å². The van der Waals surface area contributed by atoms with Crippen LogP contribution in [0.25, 0.3) is 0 Å². The lowest BCUT2D eigenvalue weighted by atomic mass is 10.1. The molecule has 0 radical (unpaired) electrons. The number of carboxylic acids is 1. The van der Waals surface area contributed by atoms with Gasteiger partial charge in [0.25, 0.3) is 0 Å². The quantitative estimate of drug-likeness (QED) is 0.897. The van der Waals surface area contributed by atoms with Gasteiger partial charge in [-0.05, 0) is 23.8 Å². The molecule has 0 atom stereocenters. The highest BCUT2D eigenvalue weighted by molar-refractivity contribution is 5.70. The summed E-state index contributed by atoms with van der Waals surface area (Å²) in [5, 5.41) is 8.82. The first-order valence-electron chi connectivity index (χ1n) is 5.95. The highest BCUT2D eigenvalue weighted by Crippen LogP contribution is 2.37. The van der Waals surface area contributed by atoms with E-state index in [2.05, 4.69) is 0 Å². The zero-order valence-electron chi connectivity index (χ0n) is 10.1. The number of benzene rings is 2. The van der Waals surface area contributed by atoms with Crippen LogP contribution < -0.4 is 9.47 Å². The Morgan fingerprint density at radius 2 is 1.89 bits per heavy atom. The summed E-state index contributed by atoms with van der Waals surface area (Å²) >= 11 is 0. The van der Waals surface area contributed by atoms with Gasteiger partial charge in [0.05, 0.1) is 6.42 Å². The van der Waals surface area contributed by atoms with Gasteiger partial charge in [-0.15, -0.1) is 0 Å². The highest BCUT2D eigenvalue weighted by Gasteiger charge is 2.16. The zero-order chi connectivity index (χ0) is 13.2. The average Bonchev–Trinajstić information content (AvgIpc) is 2.56. The van der Waals surface area contributed by atoms with E-state index in [1.54, 1.807) is 12.1 Å². The third-order valence-electron chi connectivity index (χ3n) is 2.94. The third-order valence-corrected chi connectivity index (χ3v) is 2.94. The van der Waals surface area contributed by atoms with Crippen LogP contribution in [0.15, 0.2) is 42.5 Å². The summed E-state index contributed by atoms with van der Waals surface area (Å²) < 4.78 is 11.5. The van der Waals surface area contributed by atoms with E-state index in [1.165, 1.54) is 0 Å². The van der Waals surface area contributed by atoms with E-state index in [0.717, 1.165) is 5.56 Å². The van der Waals surface area contributed by atoms with Gasteiger partial charge in [-0.25, -0.2) is 0 Å². The number of rotatable bonds is 2. The molecule has 0 fully saturated rings. The maximum Gasteiger partial charge on any atom is 0.307 e. The number of para-hydroxylation sites is 2. The summed E-state index contributed by atoms with van der Waals surface area (Å²) in [7, 11) is 0. The van der Waals surface area contributed by atoms with E-state index in [4.69, 9.17) is 14.6 Å². The van der Waals surface area contributed by atoms with Gasteiger partial charge < -0.3 is 14.6 Å². The normalized spacial score (nSPS) is 12.4. The lowest BCUT2D eigenvalue weighted by Crippen LogP contribution is -2.01. The molecule has 2 aromatic rings. The molecule has 1 aliphatic heterocycles. The molecule has 0 aromatic heterocycles. The fourth-order valence-corrected chi connectivity index (χ4v) is 2.03. The summed E-state index contributed by atoms with van der Waals surface area (Å²) in [6.07, 6.45) is -0.0147. The molecule has 1 N–H and O–H groups in total. The molecule has 4 heteroatoms. The van der Waals surface area contributed by atoms with Crippen LogP contribution in [0.4, 0.5) is 0 Å². The van der Waals surface area contributed by atoms with E-state index < -0.39 is 5.97 Å². The molecule has 0 saturated carbocycles. The van der Waals surface area contributed by atoms with Crippen LogP contribution in [0.5, 0.6) is 17.2 Å². The van der Waals surface area contributed by atoms with Gasteiger partial charge in [-0.1, -0.05) is 24.3 Å². The zero-order valence-corrected chi connectivity index (χ0v) is 10.1. The number of carboxylic acid groups (broad SMARTS) is 1. The molecule has 3 rings (SSSR count). The Kier molecular flexibility index (Phi) is 2.83. The van der Waals surface area contributed by atoms with E-state index in [-0.39, 0.29) is 6.42 Å². The van der Waals surface area contributed by atoms with E-state index in [9.17, 15) is 4.79 Å². The SMILES string of the molecule is O=C(O)Cc1ccc2c(c1)Oc1ccccc1OC2. The van der Waals surface area contributed by atoms with Crippen LogP contribution in [0.1, 0.15) is 11.1 Å². The Bertz CT molecular complexity index is 634. The maximum atomic E-state index is 10.7. The Labute approximate surface area is 110 Å². The molecule has 1 heterocycles. The molecule has 2 aromatic carbocycles. The van der Waals surface area contributed by atoms with Gasteiger partial charge in [-0.2, -0.15) is 0 Å². The number of aliphatic carboxylic acids is 1. The number of hydrogen-bond donors (Lipinski definition) is 1. The lowest BCUT2D eigenvalue weighted by molar-refractivity contribution is -0.136. The van der Waals surface area contributed by atoms with Crippen LogP contribution in [0, 0.1) is 0 Å². The second-order valence-electron chi connectivity index (χ2n) is 4.35. The standard InChI is InChI=1S/C15H12O4/c16-15(17)8-10-5-6-11-9-18-12-3-1-2-4-13(12)19-14(11)7-10/h1-7H,8-9H2,(H,16,17). The Balaban J connectivity index is 1.97. The summed E-state index contributed by atoms with van der Waals surface area (Å²) in [5.74, 6) is 1.14. The monoisotopic (exact) mass is 256 g/mol. The minimum atomic E-state index is -0.856. The molecule has 0 aliphatic carbocycles. The van der Waals surface area contributed by atoms with Crippen molar-refractivity contribution in [2.75, 3.05) is 0 Å². The van der Waals surface area contributed by atoms with Gasteiger partial charge >= 0.3 is 5.97 Å². The van der Waals surface area contributed by atoms with Crippen LogP contribution in [-0.4, -0.2) is 11.1 Å². The van der Waals surface area contributed by atoms with Crippen molar-refractivity contribution >= 4 is 5.97 Å². The minimum absolute atomic E-state index is 0.0147. The highest BCUT2D eigenvalue weighted by atomic mass is 16.5. The Hall–Kier alpha value is -2.49. The fourth-order valence-electron chi connectivity index (χ4n) is 2.03. The van der Waals surface area contributed by atoms with Gasteiger partial charge in [0.15, 0.2) is 11.5 Å². The van der Waals surface area contributed by atoms with Crippen LogP contribution >= 0.6 is 0 Å². The van der Waals surface area contributed by atoms with Crippen LogP contribution in [0.3, 0.4) is 0 Å². The molecule has 1 aliphatic rings. The van der Waals surface area contributed by atoms with Crippen molar-refractivity contribution in [3.63, 3.8) is 0 Å². The first-order valence-corrected chi connectivity index (χ1v) is 5.95. The molecule has 4 nitrogen and oxygen atoms in total. The van der Waals surface area contributed by atoms with E-state index >= 15 is 0 Å². The lowest BCUT2D eigenvalue weighted by Gasteiger charge is -2.08. The van der Waals surface area contributed by atoms with Crippen LogP contribution in [0.2, 0.25) is 0 Å². The molecule has 0 amide bonds. The molecular weight excluding hydrogens is 244 g/mol. The largest absolute Gasteiger partial charge is 0.485 e. The fraction of sp³-hybridized carbons (Fsp3) is 0.133. The van der Waals surface area contributed by atoms with Gasteiger partial charge in [0.2, 0.25) is 0 Å². The van der Waals surface area contributed by atoms with Crippen molar-refractivity contribution in [1.29, 1.82) is 0 Å². The maximum absolute atomic E-state index is 10.7. The molecule has 96 valence electrons. The third kappa shape index (κ3) is 2.38. The predicted molar refractivity (Wildman–Crippen MR) is 68.6 cm³/mol. The Morgan fingerprint density at radius 1 is 1.11 bits per heavy atom. The summed E-state index contributed by atoms with van der Waals surface area (Å²) in [6.45, 7) is 0.416. The number of fused-ring (bicyclic) bond motifs is 2. The molecule has 0 bridgehead atoms. The van der Waals surface area contributed by atoms with Gasteiger partial charge in [0, 0.05) is 5.56 Å². The van der Waals surface area contributed by atoms with Crippen molar-refractivity contribution in [3.8, 4) is 17.2 Å². The minimum Gasteiger partial charge on any atom is -0.485 e. The summed E-state index contributed by atoms with van der Waals surface area (Å²) in [5.41, 5.74) is 1.62. The smallest absolute Gasteiger partial charge is 0.307 e. The average molecular weight is 256 g/mol. The first-order chi connectivity index (χ1) is 9.22. The van der Waals surface area contributed by atoms with Crippen molar-refractivity contribution in [3.05, 3.63) is 53.6 Å². The van der Waals surface area contributed by atoms with Crippen molar-refractivity contribution in [1.82, 2.24) is 0 Å². The molecule has 0 spiro atoms. The number of hydrogen-bond acceptors (Lipinski definition) is 3. The Morgan fingerprint density at radius 3 is 2.68 bits per heavy atom. The second kappa shape index (κ2) is 4.65. The molecule has 0 saturated heterocycles. The van der Waals surface area contributed by atoms with E-state index in [1.807, 2.05) is 30.3 Å². The summed E-state index contributed by atoms with van der Waals surface area (Å²) in [4.78, 5) is 10.7. The number of ether oxygens (including phenoxy) is 2. The van der Waals surface area contributed by atoms with Crippen molar-refractivity contribution in [2.24, 2.45) is 0 Å². The topological polar surface area (TPSA) is 55.8 Å². The molecular formula is C15H12O4. The van der Waals surface area contributed by atoms with Gasteiger partial charge in [-0.3, -0.25) is 4.79 Å². The van der Waals surface area contributed by atoms with E-state index in [0.29, 0.717) is 29.4 Å². The van der Waals surface area contributed by atoms with Crippen molar-refractivity contribution in [2.45, 2.75) is 13.0 Å². The molecule has 19 heavy (non-hydrogen) atoms. The van der Waals surface area contributed by atoms with Crippen LogP contribution in [-0.2, 0) is 17.8 Å². The van der Waals surface area contributed by atoms with Gasteiger partial charge in [0.1, 0.15) is 12.4 Å². The molecule has 0 unspecified atom stereocenters. The first kappa shape index (κ1) is 11.6. The second-order valence-corrected chi connectivity index (χ2v) is 4.35. The summed E-state index contributed by atoms with van der Waals surface area (Å²) in [6, 6.07) is 12.8. The number of carbonyl (C=O) groups is 1. The predicted octanol–water partition coefficient (Wildman–Crippen LogP) is 3.00.